The van der Waals surface area contributed by atoms with Crippen LogP contribution >= 0.6 is 0 Å². The van der Waals surface area contributed by atoms with Gasteiger partial charge >= 0.3 is 0 Å². The van der Waals surface area contributed by atoms with Crippen molar-refractivity contribution in [3.8, 4) is 0 Å². The second kappa shape index (κ2) is 7.49. The summed E-state index contributed by atoms with van der Waals surface area (Å²) in [4.78, 5) is 2.64. The number of hydrogen-bond acceptors (Lipinski definition) is 1. The standard InChI is InChI=1S/C18H27N/c1-16(2)15-18(17-9-5-3-6-10-17)11-14-19-12-7-4-8-13-19/h3,5-6,9-10,15,18H,4,7-8,11-14H2,1-2H3. The van der Waals surface area contributed by atoms with Crippen LogP contribution in [0, 0.1) is 0 Å². The van der Waals surface area contributed by atoms with Gasteiger partial charge in [-0.2, -0.15) is 0 Å². The zero-order valence-corrected chi connectivity index (χ0v) is 12.4. The topological polar surface area (TPSA) is 3.24 Å². The van der Waals surface area contributed by atoms with Crippen molar-refractivity contribution in [2.45, 2.75) is 45.4 Å². The predicted molar refractivity (Wildman–Crippen MR) is 83.5 cm³/mol. The highest BCUT2D eigenvalue weighted by molar-refractivity contribution is 5.24. The summed E-state index contributed by atoms with van der Waals surface area (Å²) in [6.45, 7) is 8.25. The van der Waals surface area contributed by atoms with E-state index < -0.39 is 0 Å². The molecule has 0 bridgehead atoms. The molecule has 1 aromatic rings. The van der Waals surface area contributed by atoms with E-state index in [9.17, 15) is 0 Å². The van der Waals surface area contributed by atoms with E-state index in [4.69, 9.17) is 0 Å². The van der Waals surface area contributed by atoms with Crippen LogP contribution in [0.15, 0.2) is 42.0 Å². The Bertz CT molecular complexity index is 383. The first-order valence-electron chi connectivity index (χ1n) is 7.68. The Morgan fingerprint density at radius 1 is 1.11 bits per heavy atom. The second-order valence-electron chi connectivity index (χ2n) is 5.95. The van der Waals surface area contributed by atoms with E-state index in [2.05, 4.69) is 55.2 Å². The summed E-state index contributed by atoms with van der Waals surface area (Å²) in [5.41, 5.74) is 2.88. The SMILES string of the molecule is CC(C)=CC(CCN1CCCCC1)c1ccccc1. The van der Waals surface area contributed by atoms with Crippen molar-refractivity contribution in [2.24, 2.45) is 0 Å². The van der Waals surface area contributed by atoms with Gasteiger partial charge in [0.25, 0.3) is 0 Å². The Balaban J connectivity index is 1.96. The van der Waals surface area contributed by atoms with E-state index in [1.165, 1.54) is 56.5 Å². The average molecular weight is 257 g/mol. The molecule has 1 nitrogen and oxygen atoms in total. The molecule has 1 aliphatic rings. The summed E-state index contributed by atoms with van der Waals surface area (Å²) < 4.78 is 0. The number of allylic oxidation sites excluding steroid dienone is 2. The van der Waals surface area contributed by atoms with E-state index in [1.807, 2.05) is 0 Å². The minimum absolute atomic E-state index is 0.577. The summed E-state index contributed by atoms with van der Waals surface area (Å²) in [5.74, 6) is 0.577. The zero-order chi connectivity index (χ0) is 13.5. The van der Waals surface area contributed by atoms with Gasteiger partial charge in [0.1, 0.15) is 0 Å². The fourth-order valence-corrected chi connectivity index (χ4v) is 2.95. The van der Waals surface area contributed by atoms with Crippen LogP contribution in [0.1, 0.15) is 51.0 Å². The van der Waals surface area contributed by atoms with Gasteiger partial charge in [0, 0.05) is 5.92 Å². The molecule has 1 saturated heterocycles. The fraction of sp³-hybridized carbons (Fsp3) is 0.556. The summed E-state index contributed by atoms with van der Waals surface area (Å²) >= 11 is 0. The summed E-state index contributed by atoms with van der Waals surface area (Å²) in [6.07, 6.45) is 7.87. The Labute approximate surface area is 118 Å². The van der Waals surface area contributed by atoms with Crippen LogP contribution in [0.4, 0.5) is 0 Å². The van der Waals surface area contributed by atoms with Gasteiger partial charge in [0.15, 0.2) is 0 Å². The van der Waals surface area contributed by atoms with Crippen LogP contribution in [0.25, 0.3) is 0 Å². The molecule has 104 valence electrons. The van der Waals surface area contributed by atoms with E-state index in [0.29, 0.717) is 5.92 Å². The van der Waals surface area contributed by atoms with Crippen molar-refractivity contribution in [1.29, 1.82) is 0 Å². The lowest BCUT2D eigenvalue weighted by Crippen LogP contribution is -2.31. The number of benzene rings is 1. The summed E-state index contributed by atoms with van der Waals surface area (Å²) in [6, 6.07) is 10.9. The van der Waals surface area contributed by atoms with Gasteiger partial charge in [-0.15, -0.1) is 0 Å². The first-order chi connectivity index (χ1) is 9.25. The maximum atomic E-state index is 2.64. The van der Waals surface area contributed by atoms with E-state index in [-0.39, 0.29) is 0 Å². The number of likely N-dealkylation sites (tertiary alicyclic amines) is 1. The quantitative estimate of drug-likeness (QED) is 0.696. The highest BCUT2D eigenvalue weighted by atomic mass is 15.1. The molecule has 1 fully saturated rings. The maximum Gasteiger partial charge on any atom is 0.00325 e. The van der Waals surface area contributed by atoms with Gasteiger partial charge in [0.2, 0.25) is 0 Å². The van der Waals surface area contributed by atoms with E-state index >= 15 is 0 Å². The zero-order valence-electron chi connectivity index (χ0n) is 12.4. The van der Waals surface area contributed by atoms with Crippen molar-refractivity contribution in [3.63, 3.8) is 0 Å². The lowest BCUT2D eigenvalue weighted by atomic mass is 9.93. The van der Waals surface area contributed by atoms with Crippen LogP contribution in [-0.2, 0) is 0 Å². The first kappa shape index (κ1) is 14.3. The molecule has 0 radical (unpaired) electrons. The van der Waals surface area contributed by atoms with Crippen molar-refractivity contribution >= 4 is 0 Å². The van der Waals surface area contributed by atoms with Crippen molar-refractivity contribution in [3.05, 3.63) is 47.5 Å². The molecule has 0 spiro atoms. The van der Waals surface area contributed by atoms with Crippen LogP contribution in [-0.4, -0.2) is 24.5 Å². The van der Waals surface area contributed by atoms with Gasteiger partial charge in [-0.25, -0.2) is 0 Å². The molecule has 1 heterocycles. The molecule has 0 amide bonds. The van der Waals surface area contributed by atoms with Crippen LogP contribution in [0.5, 0.6) is 0 Å². The number of hydrogen-bond donors (Lipinski definition) is 0. The molecule has 0 aliphatic carbocycles. The Morgan fingerprint density at radius 3 is 2.42 bits per heavy atom. The molecular weight excluding hydrogens is 230 g/mol. The van der Waals surface area contributed by atoms with E-state index in [0.717, 1.165) is 0 Å². The molecular formula is C18H27N. The summed E-state index contributed by atoms with van der Waals surface area (Å²) in [5, 5.41) is 0. The van der Waals surface area contributed by atoms with Gasteiger partial charge in [0.05, 0.1) is 0 Å². The molecule has 1 atom stereocenters. The molecule has 1 aliphatic heterocycles. The van der Waals surface area contributed by atoms with E-state index in [1.54, 1.807) is 0 Å². The number of rotatable bonds is 5. The number of piperidine rings is 1. The Hall–Kier alpha value is -1.08. The largest absolute Gasteiger partial charge is 0.303 e. The summed E-state index contributed by atoms with van der Waals surface area (Å²) in [7, 11) is 0. The minimum atomic E-state index is 0.577. The van der Waals surface area contributed by atoms with Gasteiger partial charge in [-0.1, -0.05) is 48.4 Å². The monoisotopic (exact) mass is 257 g/mol. The van der Waals surface area contributed by atoms with Crippen LogP contribution in [0.3, 0.4) is 0 Å². The molecule has 0 N–H and O–H groups in total. The highest BCUT2D eigenvalue weighted by Gasteiger charge is 2.13. The van der Waals surface area contributed by atoms with Crippen LogP contribution < -0.4 is 0 Å². The van der Waals surface area contributed by atoms with Crippen LogP contribution in [0.2, 0.25) is 0 Å². The van der Waals surface area contributed by atoms with Gasteiger partial charge in [-0.05, 0) is 58.3 Å². The fourth-order valence-electron chi connectivity index (χ4n) is 2.95. The normalized spacial score (nSPS) is 18.0. The maximum absolute atomic E-state index is 2.64. The molecule has 19 heavy (non-hydrogen) atoms. The molecule has 2 rings (SSSR count). The van der Waals surface area contributed by atoms with Gasteiger partial charge < -0.3 is 4.90 Å². The Kier molecular flexibility index (Phi) is 5.65. The second-order valence-corrected chi connectivity index (χ2v) is 5.95. The molecule has 0 aromatic heterocycles. The molecule has 1 unspecified atom stereocenters. The average Bonchev–Trinajstić information content (AvgIpc) is 2.45. The van der Waals surface area contributed by atoms with Crippen molar-refractivity contribution < 1.29 is 0 Å². The third-order valence-electron chi connectivity index (χ3n) is 3.97. The smallest absolute Gasteiger partial charge is 0.00325 e. The minimum Gasteiger partial charge on any atom is -0.303 e. The third-order valence-corrected chi connectivity index (χ3v) is 3.97. The highest BCUT2D eigenvalue weighted by Crippen LogP contribution is 2.23. The van der Waals surface area contributed by atoms with Crippen molar-refractivity contribution in [2.75, 3.05) is 19.6 Å². The molecule has 0 saturated carbocycles. The lowest BCUT2D eigenvalue weighted by Gasteiger charge is -2.28. The molecule has 1 heteroatoms. The van der Waals surface area contributed by atoms with Crippen molar-refractivity contribution in [1.82, 2.24) is 4.90 Å². The Morgan fingerprint density at radius 2 is 1.79 bits per heavy atom. The van der Waals surface area contributed by atoms with Gasteiger partial charge in [-0.3, -0.25) is 0 Å². The number of nitrogens with zero attached hydrogens (tertiary/aromatic N) is 1. The third kappa shape index (κ3) is 4.83. The lowest BCUT2D eigenvalue weighted by molar-refractivity contribution is 0.224. The first-order valence-corrected chi connectivity index (χ1v) is 7.68. The molecule has 1 aromatic carbocycles. The predicted octanol–water partition coefficient (Wildman–Crippen LogP) is 4.61.